The van der Waals surface area contributed by atoms with Crippen molar-refractivity contribution in [3.63, 3.8) is 0 Å². The number of nitrogens with two attached hydrogens (primary N) is 1. The highest BCUT2D eigenvalue weighted by atomic mass is 16.3. The van der Waals surface area contributed by atoms with Crippen LogP contribution in [0.1, 0.15) is 19.8 Å². The van der Waals surface area contributed by atoms with E-state index in [0.717, 1.165) is 30.6 Å². The number of unbranched alkanes of at least 4 members (excludes halogenated alkanes) is 1. The van der Waals surface area contributed by atoms with Crippen molar-refractivity contribution in [1.82, 2.24) is 15.0 Å². The molecule has 3 rings (SSSR count). The third kappa shape index (κ3) is 2.81. The maximum Gasteiger partial charge on any atom is 0.145 e. The van der Waals surface area contributed by atoms with Gasteiger partial charge < -0.3 is 16.2 Å². The van der Waals surface area contributed by atoms with Gasteiger partial charge >= 0.3 is 0 Å². The summed E-state index contributed by atoms with van der Waals surface area (Å²) in [4.78, 5) is 1.43. The largest absolute Gasteiger partial charge is 0.506 e. The van der Waals surface area contributed by atoms with Crippen LogP contribution in [0, 0.1) is 0 Å². The van der Waals surface area contributed by atoms with Crippen molar-refractivity contribution >= 4 is 22.4 Å². The van der Waals surface area contributed by atoms with Crippen molar-refractivity contribution < 1.29 is 5.11 Å². The number of fused-ring (bicyclic) bond motifs is 1. The maximum absolute atomic E-state index is 10.2. The predicted molar refractivity (Wildman–Crippen MR) is 88.3 cm³/mol. The van der Waals surface area contributed by atoms with E-state index in [1.165, 1.54) is 4.80 Å². The second-order valence-corrected chi connectivity index (χ2v) is 5.22. The van der Waals surface area contributed by atoms with E-state index in [9.17, 15) is 5.11 Å². The van der Waals surface area contributed by atoms with Crippen molar-refractivity contribution in [2.45, 2.75) is 19.8 Å². The van der Waals surface area contributed by atoms with Crippen molar-refractivity contribution in [2.24, 2.45) is 0 Å². The van der Waals surface area contributed by atoms with E-state index >= 15 is 0 Å². The summed E-state index contributed by atoms with van der Waals surface area (Å²) in [6, 6.07) is 10.7. The molecule has 2 aromatic carbocycles. The van der Waals surface area contributed by atoms with Gasteiger partial charge in [-0.25, -0.2) is 0 Å². The molecule has 1 heterocycles. The third-order valence-corrected chi connectivity index (χ3v) is 3.45. The Morgan fingerprint density at radius 2 is 1.95 bits per heavy atom. The van der Waals surface area contributed by atoms with Gasteiger partial charge in [0.15, 0.2) is 0 Å². The summed E-state index contributed by atoms with van der Waals surface area (Å²) in [6.45, 7) is 3.03. The van der Waals surface area contributed by atoms with E-state index < -0.39 is 0 Å². The van der Waals surface area contributed by atoms with Gasteiger partial charge in [0.05, 0.1) is 0 Å². The number of anilines is 2. The first-order valence-electron chi connectivity index (χ1n) is 7.37. The number of aromatic hydroxyl groups is 1. The number of benzene rings is 2. The average molecular weight is 297 g/mol. The van der Waals surface area contributed by atoms with Gasteiger partial charge in [0, 0.05) is 24.0 Å². The Hall–Kier alpha value is -2.76. The van der Waals surface area contributed by atoms with Crippen LogP contribution in [0.5, 0.6) is 5.75 Å². The molecule has 0 aliphatic rings. The zero-order valence-electron chi connectivity index (χ0n) is 12.5. The van der Waals surface area contributed by atoms with Crippen molar-refractivity contribution in [2.75, 3.05) is 17.6 Å². The average Bonchev–Trinajstić information content (AvgIpc) is 2.90. The molecular formula is C16H19N5O. The number of phenolic OH excluding ortho intramolecular Hbond substituents is 1. The quantitative estimate of drug-likeness (QED) is 0.498. The van der Waals surface area contributed by atoms with Gasteiger partial charge in [0.2, 0.25) is 0 Å². The first-order chi connectivity index (χ1) is 10.7. The van der Waals surface area contributed by atoms with E-state index in [4.69, 9.17) is 5.73 Å². The van der Waals surface area contributed by atoms with Crippen LogP contribution in [0.4, 0.5) is 11.4 Å². The molecule has 6 nitrogen and oxygen atoms in total. The lowest BCUT2D eigenvalue weighted by Gasteiger charge is -2.08. The molecule has 0 spiro atoms. The van der Waals surface area contributed by atoms with Gasteiger partial charge in [-0.05, 0) is 36.8 Å². The van der Waals surface area contributed by atoms with Crippen LogP contribution in [0.25, 0.3) is 16.7 Å². The third-order valence-electron chi connectivity index (χ3n) is 3.45. The Morgan fingerprint density at radius 1 is 1.14 bits per heavy atom. The fourth-order valence-corrected chi connectivity index (χ4v) is 2.25. The van der Waals surface area contributed by atoms with Crippen molar-refractivity contribution in [1.29, 1.82) is 0 Å². The van der Waals surface area contributed by atoms with Crippen LogP contribution in [-0.2, 0) is 0 Å². The first-order valence-corrected chi connectivity index (χ1v) is 7.37. The maximum atomic E-state index is 10.2. The second-order valence-electron chi connectivity index (χ2n) is 5.22. The van der Waals surface area contributed by atoms with Gasteiger partial charge in [-0.3, -0.25) is 0 Å². The minimum Gasteiger partial charge on any atom is -0.506 e. The highest BCUT2D eigenvalue weighted by molar-refractivity contribution is 5.77. The van der Waals surface area contributed by atoms with Gasteiger partial charge in [0.25, 0.3) is 0 Å². The fourth-order valence-electron chi connectivity index (χ4n) is 2.25. The van der Waals surface area contributed by atoms with Gasteiger partial charge in [-0.1, -0.05) is 13.3 Å². The summed E-state index contributed by atoms with van der Waals surface area (Å²) < 4.78 is 0. The molecule has 0 bridgehead atoms. The molecule has 0 saturated heterocycles. The Labute approximate surface area is 128 Å². The molecule has 0 atom stereocenters. The molecule has 0 radical (unpaired) electrons. The molecule has 0 saturated carbocycles. The summed E-state index contributed by atoms with van der Waals surface area (Å²) in [5, 5.41) is 22.2. The SMILES string of the molecule is CCCCNc1ccc(-n2nc3ccc(N)cc3n2)c(O)c1. The molecule has 3 aromatic rings. The Kier molecular flexibility index (Phi) is 3.82. The minimum atomic E-state index is 0.134. The molecule has 0 amide bonds. The molecule has 6 heteroatoms. The van der Waals surface area contributed by atoms with E-state index in [-0.39, 0.29) is 5.75 Å². The molecule has 0 aliphatic carbocycles. The number of aromatic nitrogens is 3. The monoisotopic (exact) mass is 297 g/mol. The summed E-state index contributed by atoms with van der Waals surface area (Å²) in [5.41, 5.74) is 9.24. The van der Waals surface area contributed by atoms with Crippen LogP contribution < -0.4 is 11.1 Å². The zero-order valence-corrected chi connectivity index (χ0v) is 12.5. The molecule has 1 aromatic heterocycles. The number of nitrogens with zero attached hydrogens (tertiary/aromatic N) is 3. The topological polar surface area (TPSA) is 89.0 Å². The molecule has 0 unspecified atom stereocenters. The number of hydrogen-bond donors (Lipinski definition) is 3. The van der Waals surface area contributed by atoms with E-state index in [1.54, 1.807) is 24.3 Å². The molecule has 22 heavy (non-hydrogen) atoms. The van der Waals surface area contributed by atoms with Crippen molar-refractivity contribution in [3.05, 3.63) is 36.4 Å². The Balaban J connectivity index is 1.89. The number of nitrogens with one attached hydrogen (secondary N) is 1. The summed E-state index contributed by atoms with van der Waals surface area (Å²) in [7, 11) is 0. The van der Waals surface area contributed by atoms with Crippen LogP contribution in [0.3, 0.4) is 0 Å². The summed E-state index contributed by atoms with van der Waals surface area (Å²) in [5.74, 6) is 0.134. The lowest BCUT2D eigenvalue weighted by molar-refractivity contribution is 0.468. The molecule has 0 aliphatic heterocycles. The van der Waals surface area contributed by atoms with Crippen LogP contribution in [0.2, 0.25) is 0 Å². The molecule has 0 fully saturated rings. The lowest BCUT2D eigenvalue weighted by atomic mass is 10.2. The number of phenols is 1. The van der Waals surface area contributed by atoms with Crippen LogP contribution >= 0.6 is 0 Å². The number of hydrogen-bond acceptors (Lipinski definition) is 5. The van der Waals surface area contributed by atoms with E-state index in [1.807, 2.05) is 12.1 Å². The van der Waals surface area contributed by atoms with Gasteiger partial charge in [-0.2, -0.15) is 0 Å². The second kappa shape index (κ2) is 5.93. The molecule has 4 N–H and O–H groups in total. The van der Waals surface area contributed by atoms with Crippen LogP contribution in [0.15, 0.2) is 36.4 Å². The van der Waals surface area contributed by atoms with E-state index in [2.05, 4.69) is 22.4 Å². The Morgan fingerprint density at radius 3 is 2.73 bits per heavy atom. The number of nitrogen functional groups attached to an aromatic ring is 1. The lowest BCUT2D eigenvalue weighted by Crippen LogP contribution is -2.02. The van der Waals surface area contributed by atoms with E-state index in [0.29, 0.717) is 16.9 Å². The van der Waals surface area contributed by atoms with Crippen molar-refractivity contribution in [3.8, 4) is 11.4 Å². The van der Waals surface area contributed by atoms with Crippen LogP contribution in [-0.4, -0.2) is 26.6 Å². The molecule has 114 valence electrons. The highest BCUT2D eigenvalue weighted by Gasteiger charge is 2.09. The summed E-state index contributed by atoms with van der Waals surface area (Å²) >= 11 is 0. The normalized spacial score (nSPS) is 11.0. The predicted octanol–water partition coefficient (Wildman–Crippen LogP) is 2.92. The number of rotatable bonds is 5. The minimum absolute atomic E-state index is 0.134. The van der Waals surface area contributed by atoms with Gasteiger partial charge in [-0.15, -0.1) is 15.0 Å². The first kappa shape index (κ1) is 14.2. The zero-order chi connectivity index (χ0) is 15.5. The highest BCUT2D eigenvalue weighted by Crippen LogP contribution is 2.25. The fraction of sp³-hybridized carbons (Fsp3) is 0.250. The Bertz CT molecular complexity index is 796. The van der Waals surface area contributed by atoms with Gasteiger partial charge in [0.1, 0.15) is 22.5 Å². The molecular weight excluding hydrogens is 278 g/mol. The standard InChI is InChI=1S/C16H19N5O/c1-2-3-8-18-12-5-7-15(16(22)10-12)21-19-13-6-4-11(17)9-14(13)20-21/h4-7,9-10,18,22H,2-3,8,17H2,1H3. The summed E-state index contributed by atoms with van der Waals surface area (Å²) in [6.07, 6.45) is 2.22. The smallest absolute Gasteiger partial charge is 0.145 e.